The van der Waals surface area contributed by atoms with Crippen molar-refractivity contribution in [3.8, 4) is 5.75 Å². The van der Waals surface area contributed by atoms with Gasteiger partial charge in [0.1, 0.15) is 12.4 Å². The Morgan fingerprint density at radius 2 is 2.00 bits per heavy atom. The van der Waals surface area contributed by atoms with Crippen molar-refractivity contribution >= 4 is 23.2 Å². The highest BCUT2D eigenvalue weighted by Gasteiger charge is 2.10. The van der Waals surface area contributed by atoms with E-state index in [0.717, 1.165) is 0 Å². The molecule has 8 heteroatoms. The van der Waals surface area contributed by atoms with Gasteiger partial charge in [-0.15, -0.1) is 5.10 Å². The van der Waals surface area contributed by atoms with Crippen molar-refractivity contribution in [3.63, 3.8) is 0 Å². The SMILES string of the molecule is CC(C)n1nnnc1COc1ccc(C(=O)Nc2cccc(Cl)c2)cc1. The van der Waals surface area contributed by atoms with Gasteiger partial charge in [-0.25, -0.2) is 4.68 Å². The van der Waals surface area contributed by atoms with Crippen LogP contribution in [0.2, 0.25) is 5.02 Å². The van der Waals surface area contributed by atoms with Crippen LogP contribution in [0.25, 0.3) is 0 Å². The lowest BCUT2D eigenvalue weighted by atomic mass is 10.2. The first-order valence-electron chi connectivity index (χ1n) is 8.09. The quantitative estimate of drug-likeness (QED) is 0.713. The third-order valence-electron chi connectivity index (χ3n) is 3.62. The van der Waals surface area contributed by atoms with Crippen molar-refractivity contribution in [3.05, 3.63) is 64.9 Å². The van der Waals surface area contributed by atoms with E-state index in [-0.39, 0.29) is 18.6 Å². The highest BCUT2D eigenvalue weighted by atomic mass is 35.5. The Labute approximate surface area is 155 Å². The molecule has 1 amide bonds. The molecule has 0 radical (unpaired) electrons. The number of amides is 1. The molecule has 0 spiro atoms. The number of hydrogen-bond acceptors (Lipinski definition) is 5. The zero-order valence-electron chi connectivity index (χ0n) is 14.4. The Bertz CT molecular complexity index is 893. The summed E-state index contributed by atoms with van der Waals surface area (Å²) >= 11 is 5.92. The molecule has 0 aliphatic carbocycles. The summed E-state index contributed by atoms with van der Waals surface area (Å²) in [6.45, 7) is 4.24. The molecular formula is C18H18ClN5O2. The van der Waals surface area contributed by atoms with E-state index in [0.29, 0.717) is 27.8 Å². The number of hydrogen-bond donors (Lipinski definition) is 1. The largest absolute Gasteiger partial charge is 0.486 e. The van der Waals surface area contributed by atoms with Gasteiger partial charge in [0, 0.05) is 16.3 Å². The van der Waals surface area contributed by atoms with Crippen LogP contribution in [0, 0.1) is 0 Å². The second kappa shape index (κ2) is 7.97. The van der Waals surface area contributed by atoms with Crippen molar-refractivity contribution in [2.45, 2.75) is 26.5 Å². The first-order chi connectivity index (χ1) is 12.5. The number of carbonyl (C=O) groups excluding carboxylic acids is 1. The number of tetrazole rings is 1. The summed E-state index contributed by atoms with van der Waals surface area (Å²) in [7, 11) is 0. The fourth-order valence-corrected chi connectivity index (χ4v) is 2.52. The summed E-state index contributed by atoms with van der Waals surface area (Å²) in [4.78, 5) is 12.3. The molecule has 26 heavy (non-hydrogen) atoms. The molecule has 3 rings (SSSR count). The molecule has 0 fully saturated rings. The van der Waals surface area contributed by atoms with E-state index in [2.05, 4.69) is 20.8 Å². The Morgan fingerprint density at radius 1 is 1.23 bits per heavy atom. The maximum absolute atomic E-state index is 12.3. The Morgan fingerprint density at radius 3 is 2.69 bits per heavy atom. The van der Waals surface area contributed by atoms with Crippen molar-refractivity contribution < 1.29 is 9.53 Å². The lowest BCUT2D eigenvalue weighted by Crippen LogP contribution is -2.12. The number of halogens is 1. The smallest absolute Gasteiger partial charge is 0.255 e. The number of anilines is 1. The van der Waals surface area contributed by atoms with Gasteiger partial charge in [0.15, 0.2) is 5.82 Å². The third-order valence-corrected chi connectivity index (χ3v) is 3.85. The minimum absolute atomic E-state index is 0.154. The molecule has 7 nitrogen and oxygen atoms in total. The topological polar surface area (TPSA) is 81.9 Å². The molecule has 0 bridgehead atoms. The predicted octanol–water partition coefficient (Wildman–Crippen LogP) is 3.74. The van der Waals surface area contributed by atoms with E-state index >= 15 is 0 Å². The molecule has 134 valence electrons. The molecule has 0 aliphatic rings. The van der Waals surface area contributed by atoms with Crippen molar-refractivity contribution in [2.24, 2.45) is 0 Å². The number of benzene rings is 2. The molecule has 2 aromatic carbocycles. The summed E-state index contributed by atoms with van der Waals surface area (Å²) in [5.74, 6) is 1.05. The van der Waals surface area contributed by atoms with Crippen LogP contribution in [0.3, 0.4) is 0 Å². The van der Waals surface area contributed by atoms with E-state index in [1.807, 2.05) is 13.8 Å². The number of ether oxygens (including phenoxy) is 1. The van der Waals surface area contributed by atoms with Crippen molar-refractivity contribution in [1.29, 1.82) is 0 Å². The van der Waals surface area contributed by atoms with Crippen LogP contribution in [-0.4, -0.2) is 26.1 Å². The van der Waals surface area contributed by atoms with Gasteiger partial charge in [-0.2, -0.15) is 0 Å². The van der Waals surface area contributed by atoms with Crippen LogP contribution in [0.4, 0.5) is 5.69 Å². The number of aromatic nitrogens is 4. The Kier molecular flexibility index (Phi) is 5.48. The molecule has 0 unspecified atom stereocenters. The first-order valence-corrected chi connectivity index (χ1v) is 8.47. The van der Waals surface area contributed by atoms with Crippen LogP contribution in [-0.2, 0) is 6.61 Å². The molecule has 1 heterocycles. The second-order valence-corrected chi connectivity index (χ2v) is 6.35. The average molecular weight is 372 g/mol. The van der Waals surface area contributed by atoms with Crippen molar-refractivity contribution in [1.82, 2.24) is 20.2 Å². The molecule has 0 atom stereocenters. The van der Waals surface area contributed by atoms with Gasteiger partial charge < -0.3 is 10.1 Å². The number of nitrogens with one attached hydrogen (secondary N) is 1. The summed E-state index contributed by atoms with van der Waals surface area (Å²) in [5.41, 5.74) is 1.16. The van der Waals surface area contributed by atoms with Gasteiger partial charge in [-0.1, -0.05) is 17.7 Å². The van der Waals surface area contributed by atoms with Gasteiger partial charge >= 0.3 is 0 Å². The van der Waals surface area contributed by atoms with Gasteiger partial charge in [-0.05, 0) is 66.7 Å². The number of nitrogens with zero attached hydrogens (tertiary/aromatic N) is 4. The van der Waals surface area contributed by atoms with E-state index in [9.17, 15) is 4.79 Å². The van der Waals surface area contributed by atoms with E-state index in [1.54, 1.807) is 53.2 Å². The van der Waals surface area contributed by atoms with Crippen LogP contribution < -0.4 is 10.1 Å². The van der Waals surface area contributed by atoms with Gasteiger partial charge in [0.25, 0.3) is 5.91 Å². The minimum atomic E-state index is -0.220. The maximum Gasteiger partial charge on any atom is 0.255 e. The molecule has 0 saturated carbocycles. The van der Waals surface area contributed by atoms with Crippen LogP contribution in [0.5, 0.6) is 5.75 Å². The second-order valence-electron chi connectivity index (χ2n) is 5.91. The highest BCUT2D eigenvalue weighted by Crippen LogP contribution is 2.18. The number of rotatable bonds is 6. The predicted molar refractivity (Wildman–Crippen MR) is 98.4 cm³/mol. The van der Waals surface area contributed by atoms with E-state index in [4.69, 9.17) is 16.3 Å². The first kappa shape index (κ1) is 17.9. The molecule has 0 aliphatic heterocycles. The lowest BCUT2D eigenvalue weighted by Gasteiger charge is -2.10. The van der Waals surface area contributed by atoms with Crippen LogP contribution >= 0.6 is 11.6 Å². The van der Waals surface area contributed by atoms with E-state index < -0.39 is 0 Å². The molecule has 1 N–H and O–H groups in total. The monoisotopic (exact) mass is 371 g/mol. The average Bonchev–Trinajstić information content (AvgIpc) is 3.09. The van der Waals surface area contributed by atoms with Crippen LogP contribution in [0.1, 0.15) is 36.1 Å². The summed E-state index contributed by atoms with van der Waals surface area (Å²) in [6.07, 6.45) is 0. The molecule has 0 saturated heterocycles. The molecule has 1 aromatic heterocycles. The Hall–Kier alpha value is -2.93. The highest BCUT2D eigenvalue weighted by molar-refractivity contribution is 6.30. The van der Waals surface area contributed by atoms with Gasteiger partial charge in [0.05, 0.1) is 6.04 Å². The summed E-state index contributed by atoms with van der Waals surface area (Å²) < 4.78 is 7.40. The third kappa shape index (κ3) is 4.37. The molecular weight excluding hydrogens is 354 g/mol. The fourth-order valence-electron chi connectivity index (χ4n) is 2.33. The van der Waals surface area contributed by atoms with Crippen molar-refractivity contribution in [2.75, 3.05) is 5.32 Å². The van der Waals surface area contributed by atoms with Crippen LogP contribution in [0.15, 0.2) is 48.5 Å². The zero-order chi connectivity index (χ0) is 18.5. The summed E-state index contributed by atoms with van der Waals surface area (Å²) in [5, 5.41) is 14.9. The fraction of sp³-hybridized carbons (Fsp3) is 0.222. The molecule has 3 aromatic rings. The van der Waals surface area contributed by atoms with Gasteiger partial charge in [-0.3, -0.25) is 4.79 Å². The van der Waals surface area contributed by atoms with E-state index in [1.165, 1.54) is 0 Å². The Balaban J connectivity index is 1.61. The maximum atomic E-state index is 12.3. The zero-order valence-corrected chi connectivity index (χ0v) is 15.1. The van der Waals surface area contributed by atoms with Gasteiger partial charge in [0.2, 0.25) is 0 Å². The lowest BCUT2D eigenvalue weighted by molar-refractivity contribution is 0.102. The standard InChI is InChI=1S/C18H18ClN5O2/c1-12(2)24-17(21-22-23-24)11-26-16-8-6-13(7-9-16)18(25)20-15-5-3-4-14(19)10-15/h3-10,12H,11H2,1-2H3,(H,20,25). The number of carbonyl (C=O) groups is 1. The normalized spacial score (nSPS) is 10.8. The minimum Gasteiger partial charge on any atom is -0.486 e. The summed E-state index contributed by atoms with van der Waals surface area (Å²) in [6, 6.07) is 14.0.